The second kappa shape index (κ2) is 5.56. The standard InChI is InChI=1S/C12H11BrF2N4/c1-2-3-8-17-11(19-12(16)18-8)6-4-5-7(14)10(15)9(6)13/h4-5H,2-3H2,1H3,(H2,16,17,18,19). The van der Waals surface area contributed by atoms with Crippen LogP contribution in [0.15, 0.2) is 16.6 Å². The van der Waals surface area contributed by atoms with Crippen molar-refractivity contribution < 1.29 is 8.78 Å². The van der Waals surface area contributed by atoms with Crippen LogP contribution in [0.5, 0.6) is 0 Å². The summed E-state index contributed by atoms with van der Waals surface area (Å²) >= 11 is 3.00. The molecule has 100 valence electrons. The number of anilines is 1. The lowest BCUT2D eigenvalue weighted by molar-refractivity contribution is 0.504. The zero-order valence-corrected chi connectivity index (χ0v) is 11.7. The van der Waals surface area contributed by atoms with Crippen LogP contribution in [-0.2, 0) is 6.42 Å². The van der Waals surface area contributed by atoms with Crippen LogP contribution in [0.2, 0.25) is 0 Å². The molecule has 0 bridgehead atoms. The number of aromatic nitrogens is 3. The van der Waals surface area contributed by atoms with E-state index in [2.05, 4.69) is 30.9 Å². The van der Waals surface area contributed by atoms with Crippen LogP contribution in [0.4, 0.5) is 14.7 Å². The molecule has 2 aromatic rings. The molecule has 2 rings (SSSR count). The molecule has 2 N–H and O–H groups in total. The third-order valence-corrected chi connectivity index (χ3v) is 3.22. The van der Waals surface area contributed by atoms with Crippen molar-refractivity contribution in [2.75, 3.05) is 5.73 Å². The van der Waals surface area contributed by atoms with Crippen molar-refractivity contribution in [1.82, 2.24) is 15.0 Å². The fourth-order valence-electron chi connectivity index (χ4n) is 1.59. The molecule has 0 amide bonds. The fourth-order valence-corrected chi connectivity index (χ4v) is 2.09. The van der Waals surface area contributed by atoms with E-state index in [4.69, 9.17) is 5.73 Å². The molecule has 0 aliphatic heterocycles. The molecule has 0 fully saturated rings. The summed E-state index contributed by atoms with van der Waals surface area (Å²) in [5.74, 6) is -1.10. The zero-order valence-electron chi connectivity index (χ0n) is 10.1. The van der Waals surface area contributed by atoms with E-state index in [1.165, 1.54) is 6.07 Å². The van der Waals surface area contributed by atoms with Crippen LogP contribution < -0.4 is 5.73 Å². The predicted octanol–water partition coefficient (Wildman–Crippen LogP) is 3.11. The van der Waals surface area contributed by atoms with E-state index in [-0.39, 0.29) is 16.2 Å². The van der Waals surface area contributed by atoms with Gasteiger partial charge in [-0.05, 0) is 34.5 Å². The lowest BCUT2D eigenvalue weighted by Gasteiger charge is -2.07. The molecule has 0 aliphatic rings. The minimum atomic E-state index is -0.978. The summed E-state index contributed by atoms with van der Waals surface area (Å²) < 4.78 is 26.5. The molecule has 1 heterocycles. The summed E-state index contributed by atoms with van der Waals surface area (Å²) in [4.78, 5) is 12.1. The lowest BCUT2D eigenvalue weighted by atomic mass is 10.2. The van der Waals surface area contributed by atoms with E-state index >= 15 is 0 Å². The highest BCUT2D eigenvalue weighted by molar-refractivity contribution is 9.10. The minimum Gasteiger partial charge on any atom is -0.368 e. The first-order valence-electron chi connectivity index (χ1n) is 5.67. The van der Waals surface area contributed by atoms with Gasteiger partial charge in [0.1, 0.15) is 5.82 Å². The van der Waals surface area contributed by atoms with Crippen LogP contribution in [-0.4, -0.2) is 15.0 Å². The maximum Gasteiger partial charge on any atom is 0.223 e. The molecule has 1 aromatic carbocycles. The third kappa shape index (κ3) is 2.86. The van der Waals surface area contributed by atoms with Gasteiger partial charge in [-0.15, -0.1) is 0 Å². The second-order valence-electron chi connectivity index (χ2n) is 3.91. The zero-order chi connectivity index (χ0) is 14.0. The smallest absolute Gasteiger partial charge is 0.223 e. The Morgan fingerprint density at radius 3 is 2.63 bits per heavy atom. The lowest BCUT2D eigenvalue weighted by Crippen LogP contribution is -2.05. The summed E-state index contributed by atoms with van der Waals surface area (Å²) in [5, 5.41) is 0. The Labute approximate surface area is 117 Å². The number of benzene rings is 1. The summed E-state index contributed by atoms with van der Waals surface area (Å²) in [6, 6.07) is 2.42. The molecular formula is C12H11BrF2N4. The van der Waals surface area contributed by atoms with Gasteiger partial charge in [-0.25, -0.2) is 13.8 Å². The molecule has 0 radical (unpaired) electrons. The third-order valence-electron chi connectivity index (χ3n) is 2.45. The van der Waals surface area contributed by atoms with E-state index in [1.54, 1.807) is 0 Å². The van der Waals surface area contributed by atoms with Crippen LogP contribution in [0.1, 0.15) is 19.2 Å². The van der Waals surface area contributed by atoms with Gasteiger partial charge >= 0.3 is 0 Å². The van der Waals surface area contributed by atoms with Crippen LogP contribution in [0, 0.1) is 11.6 Å². The maximum atomic E-state index is 13.5. The van der Waals surface area contributed by atoms with Crippen LogP contribution in [0.25, 0.3) is 11.4 Å². The molecule has 7 heteroatoms. The first-order valence-corrected chi connectivity index (χ1v) is 6.46. The van der Waals surface area contributed by atoms with Gasteiger partial charge in [-0.2, -0.15) is 9.97 Å². The Morgan fingerprint density at radius 1 is 1.21 bits per heavy atom. The average Bonchev–Trinajstić information content (AvgIpc) is 2.36. The van der Waals surface area contributed by atoms with E-state index in [0.29, 0.717) is 17.8 Å². The minimum absolute atomic E-state index is 0.0273. The molecule has 0 saturated carbocycles. The van der Waals surface area contributed by atoms with Gasteiger partial charge in [0.2, 0.25) is 5.95 Å². The average molecular weight is 329 g/mol. The SMILES string of the molecule is CCCc1nc(N)nc(-c2ccc(F)c(F)c2Br)n1. The number of nitrogens with zero attached hydrogens (tertiary/aromatic N) is 3. The van der Waals surface area contributed by atoms with Crippen molar-refractivity contribution >= 4 is 21.9 Å². The molecule has 0 spiro atoms. The van der Waals surface area contributed by atoms with Crippen molar-refractivity contribution in [2.24, 2.45) is 0 Å². The van der Waals surface area contributed by atoms with Gasteiger partial charge in [-0.3, -0.25) is 0 Å². The highest BCUT2D eigenvalue weighted by Crippen LogP contribution is 2.29. The number of rotatable bonds is 3. The molecule has 0 aliphatic carbocycles. The number of hydrogen-bond acceptors (Lipinski definition) is 4. The van der Waals surface area contributed by atoms with Gasteiger partial charge in [0.25, 0.3) is 0 Å². The van der Waals surface area contributed by atoms with Crippen molar-refractivity contribution in [1.29, 1.82) is 0 Å². The molecular weight excluding hydrogens is 318 g/mol. The van der Waals surface area contributed by atoms with E-state index < -0.39 is 11.6 Å². The Kier molecular flexibility index (Phi) is 4.04. The van der Waals surface area contributed by atoms with Crippen LogP contribution >= 0.6 is 15.9 Å². The quantitative estimate of drug-likeness (QED) is 0.879. The van der Waals surface area contributed by atoms with Gasteiger partial charge in [0.15, 0.2) is 17.5 Å². The van der Waals surface area contributed by atoms with Crippen molar-refractivity contribution in [3.8, 4) is 11.4 Å². The molecule has 0 unspecified atom stereocenters. The predicted molar refractivity (Wildman–Crippen MR) is 71.3 cm³/mol. The van der Waals surface area contributed by atoms with Gasteiger partial charge in [0.05, 0.1) is 4.47 Å². The Hall–Kier alpha value is -1.63. The van der Waals surface area contributed by atoms with Crippen molar-refractivity contribution in [3.63, 3.8) is 0 Å². The number of nitrogen functional groups attached to an aromatic ring is 1. The Bertz CT molecular complexity index is 619. The molecule has 1 aromatic heterocycles. The summed E-state index contributed by atoms with van der Waals surface area (Å²) in [6.07, 6.45) is 1.49. The number of nitrogens with two attached hydrogens (primary N) is 1. The number of aryl methyl sites for hydroxylation is 1. The Morgan fingerprint density at radius 2 is 1.95 bits per heavy atom. The number of halogens is 3. The maximum absolute atomic E-state index is 13.5. The van der Waals surface area contributed by atoms with Gasteiger partial charge < -0.3 is 5.73 Å². The first kappa shape index (κ1) is 13.8. The van der Waals surface area contributed by atoms with Crippen molar-refractivity contribution in [2.45, 2.75) is 19.8 Å². The number of hydrogen-bond donors (Lipinski definition) is 1. The fraction of sp³-hybridized carbons (Fsp3) is 0.250. The summed E-state index contributed by atoms with van der Waals surface area (Å²) in [6.45, 7) is 1.98. The molecule has 0 saturated heterocycles. The van der Waals surface area contributed by atoms with Crippen LogP contribution in [0.3, 0.4) is 0 Å². The van der Waals surface area contributed by atoms with E-state index in [0.717, 1.165) is 12.5 Å². The van der Waals surface area contributed by atoms with Gasteiger partial charge in [-0.1, -0.05) is 6.92 Å². The monoisotopic (exact) mass is 328 g/mol. The van der Waals surface area contributed by atoms with E-state index in [1.807, 2.05) is 6.92 Å². The summed E-state index contributed by atoms with van der Waals surface area (Å²) in [7, 11) is 0. The van der Waals surface area contributed by atoms with Crippen molar-refractivity contribution in [3.05, 3.63) is 34.1 Å². The summed E-state index contributed by atoms with van der Waals surface area (Å²) in [5.41, 5.74) is 5.94. The normalized spacial score (nSPS) is 10.7. The first-order chi connectivity index (χ1) is 9.02. The highest BCUT2D eigenvalue weighted by atomic mass is 79.9. The molecule has 4 nitrogen and oxygen atoms in total. The molecule has 19 heavy (non-hydrogen) atoms. The highest BCUT2D eigenvalue weighted by Gasteiger charge is 2.15. The Balaban J connectivity index is 2.55. The largest absolute Gasteiger partial charge is 0.368 e. The van der Waals surface area contributed by atoms with Gasteiger partial charge in [0, 0.05) is 12.0 Å². The topological polar surface area (TPSA) is 64.7 Å². The second-order valence-corrected chi connectivity index (χ2v) is 4.70. The van der Waals surface area contributed by atoms with E-state index in [9.17, 15) is 8.78 Å². The molecule has 0 atom stereocenters.